The van der Waals surface area contributed by atoms with E-state index >= 15 is 0 Å². The lowest BCUT2D eigenvalue weighted by molar-refractivity contribution is -0.128. The summed E-state index contributed by atoms with van der Waals surface area (Å²) in [4.78, 5) is 23.0. The molecule has 1 atom stereocenters. The van der Waals surface area contributed by atoms with Crippen molar-refractivity contribution in [1.82, 2.24) is 10.6 Å². The fraction of sp³-hybridized carbons (Fsp3) is 0.667. The molecule has 2 N–H and O–H groups in total. The van der Waals surface area contributed by atoms with Crippen molar-refractivity contribution in [3.05, 3.63) is 12.2 Å². The van der Waals surface area contributed by atoms with Gasteiger partial charge in [-0.3, -0.25) is 9.59 Å². The van der Waals surface area contributed by atoms with Crippen molar-refractivity contribution in [2.24, 2.45) is 5.92 Å². The van der Waals surface area contributed by atoms with Gasteiger partial charge in [0.25, 0.3) is 0 Å². The van der Waals surface area contributed by atoms with Crippen LogP contribution in [0.3, 0.4) is 0 Å². The Morgan fingerprint density at radius 1 is 1.19 bits per heavy atom. The third kappa shape index (κ3) is 3.36. The summed E-state index contributed by atoms with van der Waals surface area (Å²) in [5, 5.41) is 5.54. The van der Waals surface area contributed by atoms with E-state index in [0.717, 1.165) is 32.1 Å². The van der Waals surface area contributed by atoms with Crippen molar-refractivity contribution < 1.29 is 9.59 Å². The van der Waals surface area contributed by atoms with Crippen LogP contribution in [0.15, 0.2) is 12.2 Å². The van der Waals surface area contributed by atoms with E-state index in [4.69, 9.17) is 0 Å². The van der Waals surface area contributed by atoms with Gasteiger partial charge in [-0.05, 0) is 32.1 Å². The van der Waals surface area contributed by atoms with Crippen LogP contribution in [0.4, 0.5) is 0 Å². The van der Waals surface area contributed by atoms with E-state index in [1.54, 1.807) is 0 Å². The number of carbonyl (C=O) groups is 2. The van der Waals surface area contributed by atoms with Gasteiger partial charge >= 0.3 is 0 Å². The quantitative estimate of drug-likeness (QED) is 0.689. The molecule has 1 fully saturated rings. The van der Waals surface area contributed by atoms with Gasteiger partial charge in [-0.2, -0.15) is 0 Å². The fourth-order valence-electron chi connectivity index (χ4n) is 1.85. The number of nitrogens with one attached hydrogen (secondary N) is 2. The Morgan fingerprint density at radius 3 is 2.62 bits per heavy atom. The highest BCUT2D eigenvalue weighted by atomic mass is 16.2. The number of amides is 2. The highest BCUT2D eigenvalue weighted by Gasteiger charge is 2.24. The van der Waals surface area contributed by atoms with Crippen molar-refractivity contribution in [3.63, 3.8) is 0 Å². The molecule has 1 unspecified atom stereocenters. The van der Waals surface area contributed by atoms with Crippen molar-refractivity contribution in [3.8, 4) is 0 Å². The number of allylic oxidation sites excluding steroid dienone is 2. The lowest BCUT2D eigenvalue weighted by Crippen LogP contribution is -2.40. The SMILES string of the molecule is O=C(CNC(=O)C1CC=CCC1)NC1CC1. The minimum Gasteiger partial charge on any atom is -0.352 e. The van der Waals surface area contributed by atoms with Crippen LogP contribution in [-0.2, 0) is 9.59 Å². The fourth-order valence-corrected chi connectivity index (χ4v) is 1.85. The predicted molar refractivity (Wildman–Crippen MR) is 60.7 cm³/mol. The van der Waals surface area contributed by atoms with Gasteiger partial charge in [-0.15, -0.1) is 0 Å². The van der Waals surface area contributed by atoms with Crippen molar-refractivity contribution in [1.29, 1.82) is 0 Å². The molecule has 0 heterocycles. The van der Waals surface area contributed by atoms with Gasteiger partial charge in [-0.1, -0.05) is 12.2 Å². The second-order valence-electron chi connectivity index (χ2n) is 4.54. The molecule has 2 aliphatic carbocycles. The monoisotopic (exact) mass is 222 g/mol. The van der Waals surface area contributed by atoms with Gasteiger partial charge in [0.2, 0.25) is 11.8 Å². The zero-order valence-corrected chi connectivity index (χ0v) is 9.37. The maximum Gasteiger partial charge on any atom is 0.239 e. The van der Waals surface area contributed by atoms with Crippen LogP contribution in [-0.4, -0.2) is 24.4 Å². The number of hydrogen-bond donors (Lipinski definition) is 2. The van der Waals surface area contributed by atoms with Gasteiger partial charge < -0.3 is 10.6 Å². The topological polar surface area (TPSA) is 58.2 Å². The predicted octanol–water partition coefficient (Wildman–Crippen LogP) is 0.737. The van der Waals surface area contributed by atoms with E-state index < -0.39 is 0 Å². The molecule has 0 spiro atoms. The Kier molecular flexibility index (Phi) is 3.59. The molecule has 0 aromatic rings. The Hall–Kier alpha value is -1.32. The van der Waals surface area contributed by atoms with Gasteiger partial charge in [0.15, 0.2) is 0 Å². The van der Waals surface area contributed by atoms with Crippen molar-refractivity contribution in [2.45, 2.75) is 38.1 Å². The first kappa shape index (κ1) is 11.2. The van der Waals surface area contributed by atoms with Crippen molar-refractivity contribution >= 4 is 11.8 Å². The van der Waals surface area contributed by atoms with Crippen molar-refractivity contribution in [2.75, 3.05) is 6.54 Å². The molecule has 0 saturated heterocycles. The summed E-state index contributed by atoms with van der Waals surface area (Å²) in [6.07, 6.45) is 8.96. The summed E-state index contributed by atoms with van der Waals surface area (Å²) < 4.78 is 0. The standard InChI is InChI=1S/C12H18N2O2/c15-11(14-10-6-7-10)8-13-12(16)9-4-2-1-3-5-9/h1-2,9-10H,3-8H2,(H,13,16)(H,14,15). The number of rotatable bonds is 4. The van der Waals surface area contributed by atoms with E-state index in [1.807, 2.05) is 6.08 Å². The maximum atomic E-state index is 11.7. The minimum atomic E-state index is -0.0674. The second-order valence-corrected chi connectivity index (χ2v) is 4.54. The minimum absolute atomic E-state index is 0.00953. The maximum absolute atomic E-state index is 11.7. The van der Waals surface area contributed by atoms with E-state index in [-0.39, 0.29) is 24.3 Å². The molecule has 0 aromatic carbocycles. The highest BCUT2D eigenvalue weighted by Crippen LogP contribution is 2.19. The Bertz CT molecular complexity index is 308. The molecule has 2 amide bonds. The molecule has 2 rings (SSSR count). The van der Waals surface area contributed by atoms with E-state index in [1.165, 1.54) is 0 Å². The lowest BCUT2D eigenvalue weighted by atomic mass is 9.94. The molecular weight excluding hydrogens is 204 g/mol. The molecular formula is C12H18N2O2. The van der Waals surface area contributed by atoms with Crippen LogP contribution in [0.5, 0.6) is 0 Å². The first-order valence-electron chi connectivity index (χ1n) is 5.98. The molecule has 2 aliphatic rings. The van der Waals surface area contributed by atoms with E-state index in [9.17, 15) is 9.59 Å². The first-order valence-corrected chi connectivity index (χ1v) is 5.98. The third-order valence-electron chi connectivity index (χ3n) is 3.01. The van der Waals surface area contributed by atoms with Crippen LogP contribution >= 0.6 is 0 Å². The largest absolute Gasteiger partial charge is 0.352 e. The third-order valence-corrected chi connectivity index (χ3v) is 3.01. The molecule has 16 heavy (non-hydrogen) atoms. The van der Waals surface area contributed by atoms with Gasteiger partial charge in [0, 0.05) is 12.0 Å². The molecule has 0 aromatic heterocycles. The average Bonchev–Trinajstić information content (AvgIpc) is 3.11. The smallest absolute Gasteiger partial charge is 0.239 e. The van der Waals surface area contributed by atoms with Crippen LogP contribution in [0.25, 0.3) is 0 Å². The van der Waals surface area contributed by atoms with Crippen LogP contribution in [0.1, 0.15) is 32.1 Å². The van der Waals surface area contributed by atoms with Gasteiger partial charge in [0.05, 0.1) is 6.54 Å². The lowest BCUT2D eigenvalue weighted by Gasteiger charge is -2.16. The van der Waals surface area contributed by atoms with Crippen LogP contribution < -0.4 is 10.6 Å². The molecule has 4 heteroatoms. The van der Waals surface area contributed by atoms with Gasteiger partial charge in [-0.25, -0.2) is 0 Å². The summed E-state index contributed by atoms with van der Waals surface area (Å²) in [5.74, 6) is -0.00350. The summed E-state index contributed by atoms with van der Waals surface area (Å²) in [7, 11) is 0. The van der Waals surface area contributed by atoms with E-state index in [0.29, 0.717) is 6.04 Å². The first-order chi connectivity index (χ1) is 7.75. The molecule has 0 aliphatic heterocycles. The van der Waals surface area contributed by atoms with Crippen LogP contribution in [0.2, 0.25) is 0 Å². The Morgan fingerprint density at radius 2 is 2.00 bits per heavy atom. The summed E-state index contributed by atoms with van der Waals surface area (Å²) >= 11 is 0. The normalized spacial score (nSPS) is 23.9. The highest BCUT2D eigenvalue weighted by molar-refractivity contribution is 5.86. The number of hydrogen-bond acceptors (Lipinski definition) is 2. The zero-order chi connectivity index (χ0) is 11.4. The van der Waals surface area contributed by atoms with Gasteiger partial charge in [0.1, 0.15) is 0 Å². The zero-order valence-electron chi connectivity index (χ0n) is 9.37. The molecule has 88 valence electrons. The average molecular weight is 222 g/mol. The summed E-state index contributed by atoms with van der Waals surface area (Å²) in [5.41, 5.74) is 0. The Balaban J connectivity index is 1.65. The molecule has 0 bridgehead atoms. The number of carbonyl (C=O) groups excluding carboxylic acids is 2. The Labute approximate surface area is 95.5 Å². The molecule has 0 radical (unpaired) electrons. The summed E-state index contributed by atoms with van der Waals surface area (Å²) in [6.45, 7) is 0.121. The van der Waals surface area contributed by atoms with E-state index in [2.05, 4.69) is 16.7 Å². The second kappa shape index (κ2) is 5.14. The van der Waals surface area contributed by atoms with Crippen LogP contribution in [0, 0.1) is 5.92 Å². The molecule has 4 nitrogen and oxygen atoms in total. The molecule has 1 saturated carbocycles. The summed E-state index contributed by atoms with van der Waals surface area (Å²) in [6, 6.07) is 0.363.